The van der Waals surface area contributed by atoms with Crippen LogP contribution in [0.4, 0.5) is 11.6 Å². The zero-order valence-electron chi connectivity index (χ0n) is 13.8. The van der Waals surface area contributed by atoms with Crippen molar-refractivity contribution >= 4 is 24.1 Å². The Hall–Kier alpha value is -3.45. The van der Waals surface area contributed by atoms with Gasteiger partial charge in [-0.3, -0.25) is 0 Å². The third-order valence-electron chi connectivity index (χ3n) is 4.11. The molecule has 0 saturated carbocycles. The molecule has 0 unspecified atom stereocenters. The molecule has 0 aliphatic carbocycles. The number of aromatic amines is 1. The predicted octanol–water partition coefficient (Wildman–Crippen LogP) is 1.38. The molecule has 0 bridgehead atoms. The van der Waals surface area contributed by atoms with E-state index in [9.17, 15) is 10.2 Å². The Labute approximate surface area is 149 Å². The lowest BCUT2D eigenvalue weighted by Crippen LogP contribution is -2.15. The van der Waals surface area contributed by atoms with Gasteiger partial charge in [0.2, 0.25) is 11.8 Å². The molecule has 7 nitrogen and oxygen atoms in total. The second kappa shape index (κ2) is 6.81. The molecule has 1 aliphatic rings. The maximum absolute atomic E-state index is 10.1. The summed E-state index contributed by atoms with van der Waals surface area (Å²) in [6.07, 6.45) is 3.29. The van der Waals surface area contributed by atoms with Gasteiger partial charge in [0.05, 0.1) is 23.7 Å². The predicted molar refractivity (Wildman–Crippen MR) is 99.1 cm³/mol. The smallest absolute Gasteiger partial charge is 0.238 e. The molecule has 1 aliphatic heterocycles. The molecule has 4 N–H and O–H groups in total. The van der Waals surface area contributed by atoms with Crippen molar-refractivity contribution in [3.8, 4) is 5.88 Å². The Morgan fingerprint density at radius 1 is 1.15 bits per heavy atom. The summed E-state index contributed by atoms with van der Waals surface area (Å²) in [5.74, 6) is 0.261. The Bertz CT molecular complexity index is 1070. The van der Waals surface area contributed by atoms with Crippen LogP contribution >= 0.6 is 0 Å². The average Bonchev–Trinajstić information content (AvgIpc) is 3.26. The van der Waals surface area contributed by atoms with E-state index in [4.69, 9.17) is 0 Å². The summed E-state index contributed by atoms with van der Waals surface area (Å²) < 4.78 is 0. The zero-order valence-corrected chi connectivity index (χ0v) is 13.8. The van der Waals surface area contributed by atoms with E-state index in [2.05, 4.69) is 25.3 Å². The third-order valence-corrected chi connectivity index (χ3v) is 4.11. The number of aliphatic imine (C=N–C) groups is 1. The molecule has 2 heterocycles. The maximum atomic E-state index is 10.1. The van der Waals surface area contributed by atoms with Gasteiger partial charge in [-0.15, -0.1) is 0 Å². The molecule has 0 fully saturated rings. The van der Waals surface area contributed by atoms with Crippen LogP contribution in [0.15, 0.2) is 58.5 Å². The second-order valence-corrected chi connectivity index (χ2v) is 5.88. The van der Waals surface area contributed by atoms with E-state index in [1.807, 2.05) is 48.5 Å². The number of rotatable bonds is 5. The number of nitrogens with zero attached hydrogens (tertiary/aromatic N) is 3. The van der Waals surface area contributed by atoms with Crippen LogP contribution in [0.2, 0.25) is 0 Å². The van der Waals surface area contributed by atoms with Crippen LogP contribution in [0.1, 0.15) is 17.3 Å². The number of aliphatic hydroxyl groups is 1. The van der Waals surface area contributed by atoms with Crippen molar-refractivity contribution in [1.82, 2.24) is 9.97 Å². The number of imidazole rings is 1. The number of hydrogen-bond donors (Lipinski definition) is 4. The lowest BCUT2D eigenvalue weighted by Gasteiger charge is -2.15. The summed E-state index contributed by atoms with van der Waals surface area (Å²) in [4.78, 5) is 15.4. The SMILES string of the molecule is OC[C@@H](Nc1nc(O)c(/C=c2\ccc3c(c2)N=CN=3)[nH]1)c1ccccc1. The topological polar surface area (TPSA) is 106 Å². The van der Waals surface area contributed by atoms with E-state index in [0.717, 1.165) is 21.8 Å². The highest BCUT2D eigenvalue weighted by atomic mass is 16.3. The van der Waals surface area contributed by atoms with Crippen LogP contribution in [0.5, 0.6) is 5.88 Å². The van der Waals surface area contributed by atoms with Crippen LogP contribution in [0.3, 0.4) is 0 Å². The van der Waals surface area contributed by atoms with E-state index in [1.165, 1.54) is 6.34 Å². The van der Waals surface area contributed by atoms with E-state index in [1.54, 1.807) is 6.08 Å². The number of anilines is 1. The highest BCUT2D eigenvalue weighted by Crippen LogP contribution is 2.22. The molecule has 3 aromatic rings. The molecule has 1 atom stereocenters. The molecule has 2 aromatic carbocycles. The summed E-state index contributed by atoms with van der Waals surface area (Å²) in [7, 11) is 0. The molecule has 4 rings (SSSR count). The summed E-state index contributed by atoms with van der Waals surface area (Å²) >= 11 is 0. The Balaban J connectivity index is 1.61. The summed E-state index contributed by atoms with van der Waals surface area (Å²) in [6.45, 7) is -0.100. The van der Waals surface area contributed by atoms with Gasteiger partial charge in [0.1, 0.15) is 12.0 Å². The molecule has 0 spiro atoms. The fourth-order valence-corrected chi connectivity index (χ4v) is 2.79. The number of aromatic nitrogens is 2. The van der Waals surface area contributed by atoms with Crippen LogP contribution in [0.25, 0.3) is 6.08 Å². The molecular weight excluding hydrogens is 330 g/mol. The molecule has 0 radical (unpaired) electrons. The maximum Gasteiger partial charge on any atom is 0.238 e. The number of fused-ring (bicyclic) bond motifs is 1. The standard InChI is InChI=1S/C19H17N5O2/c25-10-17(13-4-2-1-3-5-13)23-19-22-16(18(26)24-19)9-12-6-7-14-15(8-12)21-11-20-14/h1-9,11,17,25-26H,10H2,(H2,22,23,24)/b12-9+/t17-/m1/s1. The van der Waals surface area contributed by atoms with Gasteiger partial charge in [-0.25, -0.2) is 9.98 Å². The van der Waals surface area contributed by atoms with E-state index in [0.29, 0.717) is 11.6 Å². The molecule has 1 aromatic heterocycles. The minimum atomic E-state index is -0.328. The van der Waals surface area contributed by atoms with Crippen LogP contribution < -0.4 is 15.9 Å². The van der Waals surface area contributed by atoms with E-state index in [-0.39, 0.29) is 18.5 Å². The highest BCUT2D eigenvalue weighted by molar-refractivity contribution is 5.67. The van der Waals surface area contributed by atoms with Gasteiger partial charge in [-0.2, -0.15) is 4.98 Å². The fraction of sp³-hybridized carbons (Fsp3) is 0.105. The van der Waals surface area contributed by atoms with Gasteiger partial charge in [-0.1, -0.05) is 36.4 Å². The molecular formula is C19H17N5O2. The Kier molecular flexibility index (Phi) is 4.20. The number of hydrogen-bond acceptors (Lipinski definition) is 6. The normalized spacial score (nSPS) is 14.1. The monoisotopic (exact) mass is 347 g/mol. The van der Waals surface area contributed by atoms with Crippen LogP contribution in [0, 0.1) is 0 Å². The first-order chi connectivity index (χ1) is 12.7. The Morgan fingerprint density at radius 3 is 2.81 bits per heavy atom. The second-order valence-electron chi connectivity index (χ2n) is 5.88. The van der Waals surface area contributed by atoms with Gasteiger partial charge in [-0.05, 0) is 29.0 Å². The van der Waals surface area contributed by atoms with Crippen molar-refractivity contribution in [2.75, 3.05) is 11.9 Å². The number of nitrogens with one attached hydrogen (secondary N) is 2. The van der Waals surface area contributed by atoms with Crippen molar-refractivity contribution in [3.05, 3.63) is 70.4 Å². The first kappa shape index (κ1) is 16.0. The molecule has 7 heteroatoms. The zero-order chi connectivity index (χ0) is 17.9. The van der Waals surface area contributed by atoms with Gasteiger partial charge >= 0.3 is 0 Å². The van der Waals surface area contributed by atoms with Crippen molar-refractivity contribution in [1.29, 1.82) is 0 Å². The van der Waals surface area contributed by atoms with Crippen LogP contribution in [-0.4, -0.2) is 33.1 Å². The largest absolute Gasteiger partial charge is 0.492 e. The van der Waals surface area contributed by atoms with Crippen molar-refractivity contribution in [3.63, 3.8) is 0 Å². The average molecular weight is 347 g/mol. The fourth-order valence-electron chi connectivity index (χ4n) is 2.79. The van der Waals surface area contributed by atoms with Gasteiger partial charge in [0.25, 0.3) is 0 Å². The van der Waals surface area contributed by atoms with E-state index < -0.39 is 0 Å². The highest BCUT2D eigenvalue weighted by Gasteiger charge is 2.13. The molecule has 0 amide bonds. The summed E-state index contributed by atoms with van der Waals surface area (Å²) in [6, 6.07) is 14.9. The summed E-state index contributed by atoms with van der Waals surface area (Å²) in [5, 5.41) is 24.6. The molecule has 130 valence electrons. The first-order valence-electron chi connectivity index (χ1n) is 8.16. The van der Waals surface area contributed by atoms with Gasteiger partial charge < -0.3 is 20.5 Å². The number of aromatic hydroxyl groups is 1. The lowest BCUT2D eigenvalue weighted by molar-refractivity contribution is 0.276. The van der Waals surface area contributed by atoms with Gasteiger partial charge in [0, 0.05) is 0 Å². The van der Waals surface area contributed by atoms with Crippen LogP contribution in [-0.2, 0) is 0 Å². The quantitative estimate of drug-likeness (QED) is 0.559. The Morgan fingerprint density at radius 2 is 2.00 bits per heavy atom. The van der Waals surface area contributed by atoms with Crippen molar-refractivity contribution in [2.45, 2.75) is 6.04 Å². The third kappa shape index (κ3) is 3.20. The summed E-state index contributed by atoms with van der Waals surface area (Å²) in [5.41, 5.74) is 2.19. The van der Waals surface area contributed by atoms with E-state index >= 15 is 0 Å². The van der Waals surface area contributed by atoms with Crippen molar-refractivity contribution < 1.29 is 10.2 Å². The minimum absolute atomic E-state index is 0.100. The number of H-pyrrole nitrogens is 1. The minimum Gasteiger partial charge on any atom is -0.492 e. The lowest BCUT2D eigenvalue weighted by atomic mass is 10.1. The van der Waals surface area contributed by atoms with Gasteiger partial charge in [0.15, 0.2) is 0 Å². The number of aliphatic hydroxyl groups excluding tert-OH is 1. The van der Waals surface area contributed by atoms with Crippen molar-refractivity contribution in [2.24, 2.45) is 9.98 Å². The molecule has 0 saturated heterocycles. The first-order valence-corrected chi connectivity index (χ1v) is 8.16. The number of benzene rings is 2. The molecule has 26 heavy (non-hydrogen) atoms.